The summed E-state index contributed by atoms with van der Waals surface area (Å²) in [4.78, 5) is 10.1. The molecule has 202 valence electrons. The zero-order valence-corrected chi connectivity index (χ0v) is 23.5. The summed E-state index contributed by atoms with van der Waals surface area (Å²) < 4.78 is 31.1. The molecule has 42 heavy (non-hydrogen) atoms. The summed E-state index contributed by atoms with van der Waals surface area (Å²) in [5.74, 6) is 0. The van der Waals surface area contributed by atoms with Crippen molar-refractivity contribution >= 4 is 53.7 Å². The van der Waals surface area contributed by atoms with Crippen LogP contribution in [0.3, 0.4) is 0 Å². The molecule has 8 rings (SSSR count). The number of hydrogen-bond acceptors (Lipinski definition) is 4. The summed E-state index contributed by atoms with van der Waals surface area (Å²) in [7, 11) is -3.75. The second-order valence-electron chi connectivity index (χ2n) is 10.3. The molecule has 0 aliphatic heterocycles. The Morgan fingerprint density at radius 2 is 1.10 bits per heavy atom. The minimum atomic E-state index is -3.75. The van der Waals surface area contributed by atoms with Gasteiger partial charge in [0.2, 0.25) is 9.84 Å². The van der Waals surface area contributed by atoms with Crippen molar-refractivity contribution in [2.24, 2.45) is 0 Å². The molecule has 0 saturated heterocycles. The number of aromatic nitrogens is 4. The first kappa shape index (κ1) is 24.5. The molecule has 7 heteroatoms. The van der Waals surface area contributed by atoms with Crippen molar-refractivity contribution in [1.29, 1.82) is 0 Å². The molecule has 8 aromatic rings. The molecule has 0 aliphatic rings. The van der Waals surface area contributed by atoms with Crippen molar-refractivity contribution in [3.63, 3.8) is 0 Å². The van der Waals surface area contributed by atoms with Crippen LogP contribution in [-0.2, 0) is 9.84 Å². The molecule has 0 spiro atoms. The molecule has 6 nitrogen and oxygen atoms in total. The van der Waals surface area contributed by atoms with Gasteiger partial charge in [0.15, 0.2) is 5.03 Å². The lowest BCUT2D eigenvalue weighted by molar-refractivity contribution is 0.592. The molecule has 4 heterocycles. The largest absolute Gasteiger partial charge is 0.308 e. The molecule has 0 atom stereocenters. The van der Waals surface area contributed by atoms with Crippen molar-refractivity contribution < 1.29 is 8.42 Å². The highest BCUT2D eigenvalue weighted by Crippen LogP contribution is 2.38. The van der Waals surface area contributed by atoms with E-state index in [0.717, 1.165) is 55.2 Å². The molecule has 0 N–H and O–H groups in total. The fourth-order valence-corrected chi connectivity index (χ4v) is 7.24. The molecular weight excluding hydrogens is 540 g/mol. The van der Waals surface area contributed by atoms with Gasteiger partial charge in [0.25, 0.3) is 0 Å². The summed E-state index contributed by atoms with van der Waals surface area (Å²) in [6.07, 6.45) is 0. The van der Waals surface area contributed by atoms with Crippen LogP contribution in [0.2, 0.25) is 0 Å². The summed E-state index contributed by atoms with van der Waals surface area (Å²) in [6, 6.07) is 40.9. The normalized spacial score (nSPS) is 12.1. The van der Waals surface area contributed by atoms with Crippen LogP contribution in [-0.4, -0.2) is 27.5 Å². The topological polar surface area (TPSA) is 69.8 Å². The van der Waals surface area contributed by atoms with E-state index in [-0.39, 0.29) is 9.92 Å². The molecule has 4 aromatic carbocycles. The number of hydrogen-bond donors (Lipinski definition) is 0. The summed E-state index contributed by atoms with van der Waals surface area (Å²) in [5.41, 5.74) is 8.27. The Morgan fingerprint density at radius 3 is 1.74 bits per heavy atom. The highest BCUT2D eigenvalue weighted by Gasteiger charge is 2.23. The van der Waals surface area contributed by atoms with Gasteiger partial charge in [0, 0.05) is 16.5 Å². The number of rotatable bonds is 4. The Hall–Kier alpha value is -5.27. The lowest BCUT2D eigenvalue weighted by Gasteiger charge is -2.13. The summed E-state index contributed by atoms with van der Waals surface area (Å²) >= 11 is 0. The van der Waals surface area contributed by atoms with Gasteiger partial charge in [-0.25, -0.2) is 18.4 Å². The number of sulfone groups is 1. The van der Waals surface area contributed by atoms with Gasteiger partial charge in [-0.3, -0.25) is 0 Å². The zero-order chi connectivity index (χ0) is 28.4. The van der Waals surface area contributed by atoms with E-state index in [0.29, 0.717) is 5.69 Å². The molecule has 0 unspecified atom stereocenters. The molecule has 4 aromatic heterocycles. The fraction of sp³-hybridized carbons (Fsp3) is 0.0286. The Morgan fingerprint density at radius 1 is 0.548 bits per heavy atom. The van der Waals surface area contributed by atoms with Crippen LogP contribution in [0.15, 0.2) is 137 Å². The molecular formula is C35H24N4O2S. The van der Waals surface area contributed by atoms with E-state index in [1.807, 2.05) is 49.4 Å². The van der Waals surface area contributed by atoms with Gasteiger partial charge in [-0.15, -0.1) is 0 Å². The van der Waals surface area contributed by atoms with Crippen molar-refractivity contribution in [3.8, 4) is 11.4 Å². The van der Waals surface area contributed by atoms with Crippen LogP contribution in [0.1, 0.15) is 5.69 Å². The van der Waals surface area contributed by atoms with Gasteiger partial charge >= 0.3 is 0 Å². The Labute approximate surface area is 242 Å². The summed E-state index contributed by atoms with van der Waals surface area (Å²) in [5, 5.41) is 2.13. The smallest absolute Gasteiger partial charge is 0.223 e. The molecule has 0 amide bonds. The van der Waals surface area contributed by atoms with E-state index < -0.39 is 9.84 Å². The van der Waals surface area contributed by atoms with E-state index in [1.165, 1.54) is 0 Å². The van der Waals surface area contributed by atoms with Gasteiger partial charge in [-0.05, 0) is 61.5 Å². The lowest BCUT2D eigenvalue weighted by Crippen LogP contribution is -2.07. The number of para-hydroxylation sites is 3. The molecule has 0 aliphatic carbocycles. The van der Waals surface area contributed by atoms with E-state index in [2.05, 4.69) is 62.6 Å². The Bertz CT molecular complexity index is 2430. The minimum absolute atomic E-state index is 0.0282. The van der Waals surface area contributed by atoms with Crippen molar-refractivity contribution in [2.45, 2.75) is 16.8 Å². The van der Waals surface area contributed by atoms with E-state index >= 15 is 0 Å². The van der Waals surface area contributed by atoms with Gasteiger partial charge in [0.05, 0.1) is 49.4 Å². The molecule has 0 saturated carbocycles. The minimum Gasteiger partial charge on any atom is -0.308 e. The predicted octanol–water partition coefficient (Wildman–Crippen LogP) is 7.81. The second-order valence-corrected chi connectivity index (χ2v) is 12.2. The quantitative estimate of drug-likeness (QED) is 0.219. The maximum Gasteiger partial charge on any atom is 0.223 e. The third-order valence-corrected chi connectivity index (χ3v) is 9.55. The lowest BCUT2D eigenvalue weighted by atomic mass is 10.2. The van der Waals surface area contributed by atoms with Crippen LogP contribution < -0.4 is 0 Å². The average Bonchev–Trinajstić information content (AvgIpc) is 3.53. The Balaban J connectivity index is 1.43. The van der Waals surface area contributed by atoms with E-state index in [4.69, 9.17) is 4.98 Å². The van der Waals surface area contributed by atoms with Crippen LogP contribution in [0.25, 0.3) is 55.2 Å². The SMILES string of the molecule is Cc1nc(S(=O)(=O)c2ccccc2)ccc1-n1c2ccccc2c2nc3c4ccccc4n(-c4ccccc4)c3cc21. The molecule has 0 radical (unpaired) electrons. The standard InChI is InChI=1S/C35H24N4O2S/c1-23-28(20-21-33(36-23)42(40,41)25-14-6-3-7-15-25)39-30-19-11-9-17-27(30)35-32(39)22-31-34(37-35)26-16-8-10-18-29(26)38(31)24-12-4-2-5-13-24/h2-22H,1H3. The first-order valence-corrected chi connectivity index (χ1v) is 15.2. The van der Waals surface area contributed by atoms with Crippen LogP contribution in [0.5, 0.6) is 0 Å². The van der Waals surface area contributed by atoms with Gasteiger partial charge in [0.1, 0.15) is 0 Å². The highest BCUT2D eigenvalue weighted by atomic mass is 32.2. The first-order chi connectivity index (χ1) is 20.5. The third-order valence-electron chi connectivity index (χ3n) is 7.88. The van der Waals surface area contributed by atoms with Gasteiger partial charge in [-0.1, -0.05) is 72.8 Å². The van der Waals surface area contributed by atoms with Gasteiger partial charge < -0.3 is 9.13 Å². The number of nitrogens with zero attached hydrogens (tertiary/aromatic N) is 4. The number of fused-ring (bicyclic) bond motifs is 6. The predicted molar refractivity (Wildman–Crippen MR) is 167 cm³/mol. The maximum atomic E-state index is 13.3. The Kier molecular flexibility index (Phi) is 5.33. The molecule has 0 bridgehead atoms. The molecule has 0 fully saturated rings. The van der Waals surface area contributed by atoms with E-state index in [1.54, 1.807) is 36.4 Å². The summed E-state index contributed by atoms with van der Waals surface area (Å²) in [6.45, 7) is 1.85. The van der Waals surface area contributed by atoms with Gasteiger partial charge in [-0.2, -0.15) is 0 Å². The van der Waals surface area contributed by atoms with Crippen LogP contribution in [0.4, 0.5) is 0 Å². The highest BCUT2D eigenvalue weighted by molar-refractivity contribution is 7.91. The number of pyridine rings is 2. The van der Waals surface area contributed by atoms with Crippen LogP contribution in [0, 0.1) is 6.92 Å². The fourth-order valence-electron chi connectivity index (χ4n) is 5.98. The van der Waals surface area contributed by atoms with Crippen LogP contribution >= 0.6 is 0 Å². The van der Waals surface area contributed by atoms with E-state index in [9.17, 15) is 8.42 Å². The number of benzene rings is 4. The number of aryl methyl sites for hydroxylation is 1. The monoisotopic (exact) mass is 564 g/mol. The van der Waals surface area contributed by atoms with Crippen molar-refractivity contribution in [2.75, 3.05) is 0 Å². The van der Waals surface area contributed by atoms with Crippen molar-refractivity contribution in [1.82, 2.24) is 19.1 Å². The zero-order valence-electron chi connectivity index (χ0n) is 22.6. The maximum absolute atomic E-state index is 13.3. The third kappa shape index (κ3) is 3.53. The first-order valence-electron chi connectivity index (χ1n) is 13.7. The average molecular weight is 565 g/mol. The van der Waals surface area contributed by atoms with Crippen molar-refractivity contribution in [3.05, 3.63) is 133 Å². The second kappa shape index (κ2) is 9.12.